The zero-order valence-electron chi connectivity index (χ0n) is 20.9. The molecule has 0 bridgehead atoms. The first-order valence-electron chi connectivity index (χ1n) is 11.0. The normalized spacial score (nSPS) is 13.4. The van der Waals surface area contributed by atoms with Gasteiger partial charge in [-0.15, -0.1) is 11.8 Å². The molecule has 0 aliphatic rings. The summed E-state index contributed by atoms with van der Waals surface area (Å²) in [5, 5.41) is 10.9. The first-order chi connectivity index (χ1) is 14.4. The van der Waals surface area contributed by atoms with Crippen LogP contribution >= 0.6 is 11.8 Å². The van der Waals surface area contributed by atoms with Crippen molar-refractivity contribution >= 4 is 21.9 Å². The lowest BCUT2D eigenvalue weighted by molar-refractivity contribution is 0.300. The van der Waals surface area contributed by atoms with Gasteiger partial charge in [-0.3, -0.25) is 4.18 Å². The molecule has 6 heteroatoms. The van der Waals surface area contributed by atoms with E-state index >= 15 is 0 Å². The summed E-state index contributed by atoms with van der Waals surface area (Å²) in [6, 6.07) is 10.8. The molecule has 2 rings (SSSR count). The molecule has 0 unspecified atom stereocenters. The van der Waals surface area contributed by atoms with Crippen LogP contribution in [0.25, 0.3) is 0 Å². The fourth-order valence-electron chi connectivity index (χ4n) is 3.35. The minimum Gasteiger partial charge on any atom is -0.507 e. The maximum absolute atomic E-state index is 12.5. The summed E-state index contributed by atoms with van der Waals surface area (Å²) in [5.74, 6) is 0.361. The van der Waals surface area contributed by atoms with Crippen LogP contribution in [0.15, 0.2) is 46.2 Å². The van der Waals surface area contributed by atoms with Crippen molar-refractivity contribution in [2.45, 2.75) is 94.1 Å². The largest absolute Gasteiger partial charge is 0.507 e. The van der Waals surface area contributed by atoms with Crippen LogP contribution in [0.5, 0.6) is 5.75 Å². The number of benzene rings is 2. The molecular weight excluding hydrogens is 440 g/mol. The molecule has 0 atom stereocenters. The summed E-state index contributed by atoms with van der Waals surface area (Å²) in [7, 11) is -3.77. The minimum absolute atomic E-state index is 0.104. The molecule has 0 saturated carbocycles. The summed E-state index contributed by atoms with van der Waals surface area (Å²) < 4.78 is 30.0. The van der Waals surface area contributed by atoms with Crippen LogP contribution in [-0.4, -0.2) is 24.9 Å². The number of aryl methyl sites for hydroxylation is 1. The van der Waals surface area contributed by atoms with Crippen molar-refractivity contribution in [2.24, 2.45) is 0 Å². The lowest BCUT2D eigenvalue weighted by Gasteiger charge is -2.30. The number of phenolic OH excluding ortho intramolecular Hbond substituents is 1. The molecular formula is C26H38O4S2. The quantitative estimate of drug-likeness (QED) is 0.344. The van der Waals surface area contributed by atoms with Gasteiger partial charge in [-0.2, -0.15) is 8.42 Å². The Morgan fingerprint density at radius 1 is 0.875 bits per heavy atom. The van der Waals surface area contributed by atoms with Crippen molar-refractivity contribution in [1.82, 2.24) is 0 Å². The molecule has 0 saturated heterocycles. The molecule has 0 heterocycles. The maximum atomic E-state index is 12.5. The molecule has 4 nitrogen and oxygen atoms in total. The van der Waals surface area contributed by atoms with Gasteiger partial charge in [-0.05, 0) is 48.4 Å². The first-order valence-corrected chi connectivity index (χ1v) is 13.2. The van der Waals surface area contributed by atoms with Gasteiger partial charge in [0.1, 0.15) is 5.75 Å². The number of hydrogen-bond acceptors (Lipinski definition) is 5. The Labute approximate surface area is 198 Å². The van der Waals surface area contributed by atoms with Crippen molar-refractivity contribution in [2.75, 3.05) is 6.61 Å². The summed E-state index contributed by atoms with van der Waals surface area (Å²) in [6.45, 7) is 18.8. The van der Waals surface area contributed by atoms with Crippen LogP contribution in [0.2, 0.25) is 0 Å². The highest BCUT2D eigenvalue weighted by Gasteiger charge is 2.29. The van der Waals surface area contributed by atoms with Gasteiger partial charge in [-0.25, -0.2) is 0 Å². The van der Waals surface area contributed by atoms with E-state index in [0.29, 0.717) is 12.2 Å². The van der Waals surface area contributed by atoms with Gasteiger partial charge in [0.15, 0.2) is 0 Å². The fraction of sp³-hybridized carbons (Fsp3) is 0.538. The minimum atomic E-state index is -3.77. The number of aromatic hydroxyl groups is 1. The smallest absolute Gasteiger partial charge is 0.296 e. The summed E-state index contributed by atoms with van der Waals surface area (Å²) in [6.07, 6.45) is 0.555. The zero-order valence-corrected chi connectivity index (χ0v) is 22.5. The van der Waals surface area contributed by atoms with E-state index in [4.69, 9.17) is 4.18 Å². The van der Waals surface area contributed by atoms with Crippen molar-refractivity contribution < 1.29 is 17.7 Å². The molecule has 0 aromatic heterocycles. The average molecular weight is 479 g/mol. The van der Waals surface area contributed by atoms with E-state index < -0.39 is 10.1 Å². The van der Waals surface area contributed by atoms with Gasteiger partial charge in [0.25, 0.3) is 10.1 Å². The van der Waals surface area contributed by atoms with Gasteiger partial charge in [-0.1, -0.05) is 73.1 Å². The second-order valence-electron chi connectivity index (χ2n) is 11.1. The molecule has 0 aliphatic carbocycles. The average Bonchev–Trinajstić information content (AvgIpc) is 2.61. The van der Waals surface area contributed by atoms with Crippen molar-refractivity contribution in [3.05, 3.63) is 53.1 Å². The topological polar surface area (TPSA) is 63.6 Å². The van der Waals surface area contributed by atoms with E-state index in [-0.39, 0.29) is 27.1 Å². The van der Waals surface area contributed by atoms with E-state index in [1.807, 2.05) is 6.92 Å². The summed E-state index contributed by atoms with van der Waals surface area (Å²) >= 11 is 1.68. The van der Waals surface area contributed by atoms with E-state index in [0.717, 1.165) is 21.6 Å². The number of rotatable bonds is 7. The highest BCUT2D eigenvalue weighted by Crippen LogP contribution is 2.44. The van der Waals surface area contributed by atoms with Gasteiger partial charge in [0, 0.05) is 20.8 Å². The molecule has 0 spiro atoms. The van der Waals surface area contributed by atoms with Crippen molar-refractivity contribution in [3.8, 4) is 5.75 Å². The Morgan fingerprint density at radius 2 is 1.34 bits per heavy atom. The zero-order chi connectivity index (χ0) is 24.5. The van der Waals surface area contributed by atoms with Crippen LogP contribution in [-0.2, 0) is 25.1 Å². The summed E-state index contributed by atoms with van der Waals surface area (Å²) in [4.78, 5) is 1.24. The monoisotopic (exact) mass is 478 g/mol. The number of hydrogen-bond donors (Lipinski definition) is 1. The van der Waals surface area contributed by atoms with Gasteiger partial charge >= 0.3 is 0 Å². The second-order valence-corrected chi connectivity index (χ2v) is 14.5. The third kappa shape index (κ3) is 7.00. The van der Waals surface area contributed by atoms with Crippen LogP contribution in [0.4, 0.5) is 0 Å². The van der Waals surface area contributed by atoms with Crippen LogP contribution in [0, 0.1) is 6.92 Å². The SMILES string of the molecule is Cc1ccc(S(=O)(=O)OCCC(C)(C)Sc2cc(C(C)(C)C)c(O)c(C(C)(C)C)c2)cc1. The van der Waals surface area contributed by atoms with Gasteiger partial charge in [0.05, 0.1) is 11.5 Å². The lowest BCUT2D eigenvalue weighted by Crippen LogP contribution is -2.21. The van der Waals surface area contributed by atoms with Crippen molar-refractivity contribution in [3.63, 3.8) is 0 Å². The van der Waals surface area contributed by atoms with Crippen LogP contribution in [0.3, 0.4) is 0 Å². The Balaban J connectivity index is 2.19. The predicted octanol–water partition coefficient (Wildman–Crippen LogP) is 6.96. The molecule has 32 heavy (non-hydrogen) atoms. The highest BCUT2D eigenvalue weighted by atomic mass is 32.2. The van der Waals surface area contributed by atoms with Gasteiger partial charge < -0.3 is 5.11 Å². The molecule has 0 amide bonds. The molecule has 2 aromatic carbocycles. The highest BCUT2D eigenvalue weighted by molar-refractivity contribution is 8.00. The molecule has 2 aromatic rings. The lowest BCUT2D eigenvalue weighted by atomic mass is 9.79. The van der Waals surface area contributed by atoms with Crippen LogP contribution in [0.1, 0.15) is 78.5 Å². The Hall–Kier alpha value is -1.50. The van der Waals surface area contributed by atoms with E-state index in [1.165, 1.54) is 0 Å². The molecule has 0 radical (unpaired) electrons. The maximum Gasteiger partial charge on any atom is 0.296 e. The van der Waals surface area contributed by atoms with Crippen LogP contribution < -0.4 is 0 Å². The fourth-order valence-corrected chi connectivity index (χ4v) is 5.44. The standard InChI is InChI=1S/C26H38O4S2/c1-18-10-12-20(13-11-18)32(28,29)30-15-14-26(8,9)31-19-16-21(24(2,3)4)23(27)22(17-19)25(5,6)7/h10-13,16-17,27H,14-15H2,1-9H3. The second kappa shape index (κ2) is 9.40. The third-order valence-corrected chi connectivity index (χ3v) is 7.90. The predicted molar refractivity (Wildman–Crippen MR) is 134 cm³/mol. The van der Waals surface area contributed by atoms with E-state index in [2.05, 4.69) is 67.5 Å². The Bertz CT molecular complexity index is 1000. The summed E-state index contributed by atoms with van der Waals surface area (Å²) in [5.41, 5.74) is 2.44. The van der Waals surface area contributed by atoms with Gasteiger partial charge in [0.2, 0.25) is 0 Å². The number of thioether (sulfide) groups is 1. The van der Waals surface area contributed by atoms with E-state index in [9.17, 15) is 13.5 Å². The molecule has 178 valence electrons. The Morgan fingerprint density at radius 3 is 1.78 bits per heavy atom. The number of phenols is 1. The molecule has 1 N–H and O–H groups in total. The molecule has 0 fully saturated rings. The molecule has 0 aliphatic heterocycles. The Kier molecular flexibility index (Phi) is 7.85. The third-order valence-electron chi connectivity index (χ3n) is 5.35. The van der Waals surface area contributed by atoms with Crippen molar-refractivity contribution in [1.29, 1.82) is 0 Å². The first kappa shape index (κ1) is 26.7. The van der Waals surface area contributed by atoms with E-state index in [1.54, 1.807) is 36.0 Å².